The fourth-order valence-corrected chi connectivity index (χ4v) is 5.40. The lowest BCUT2D eigenvalue weighted by Crippen LogP contribution is -1.96. The molecule has 0 aliphatic rings. The molecule has 0 unspecified atom stereocenters. The summed E-state index contributed by atoms with van der Waals surface area (Å²) in [7, 11) is 3.26. The Labute approximate surface area is 231 Å². The van der Waals surface area contributed by atoms with Crippen LogP contribution in [0.5, 0.6) is 11.8 Å². The number of benzene rings is 3. The Morgan fingerprint density at radius 2 is 0.750 bits per heavy atom. The fourth-order valence-electron chi connectivity index (χ4n) is 5.40. The molecule has 0 N–H and O–H groups in total. The Bertz CT molecular complexity index is 1970. The van der Waals surface area contributed by atoms with Crippen LogP contribution in [0.1, 0.15) is 11.1 Å². The average molecular weight is 523 g/mol. The highest BCUT2D eigenvalue weighted by molar-refractivity contribution is 6.04. The molecular weight excluding hydrogens is 496 g/mol. The normalized spacial score (nSPS) is 11.5. The molecule has 0 aliphatic heterocycles. The third-order valence-electron chi connectivity index (χ3n) is 7.53. The zero-order chi connectivity index (χ0) is 27.4. The van der Waals surface area contributed by atoms with Gasteiger partial charge >= 0.3 is 0 Å². The maximum atomic E-state index is 5.38. The summed E-state index contributed by atoms with van der Waals surface area (Å²) in [5.74, 6) is 1.15. The highest BCUT2D eigenvalue weighted by Gasteiger charge is 2.14. The number of aryl methyl sites for hydroxylation is 2. The van der Waals surface area contributed by atoms with Gasteiger partial charge in [-0.1, -0.05) is 36.4 Å². The first-order valence-electron chi connectivity index (χ1n) is 13.1. The number of methoxy groups -OCH3 is 2. The molecule has 0 radical (unpaired) electrons. The number of hydrogen-bond acceptors (Lipinski definition) is 6. The molecule has 7 aromatic rings. The third-order valence-corrected chi connectivity index (χ3v) is 7.53. The Kier molecular flexibility index (Phi) is 5.56. The zero-order valence-corrected chi connectivity index (χ0v) is 22.7. The first-order chi connectivity index (χ1) is 19.5. The van der Waals surface area contributed by atoms with E-state index in [-0.39, 0.29) is 0 Å². The summed E-state index contributed by atoms with van der Waals surface area (Å²) in [5.41, 5.74) is 9.63. The number of pyridine rings is 4. The SMILES string of the molecule is COc1ccc2ccc3ccc(-c4cc(C)c(-c5ccc6ccc7ccc(OC)nc7c6n5)cc4C)nc3c2n1. The van der Waals surface area contributed by atoms with Crippen molar-refractivity contribution in [2.75, 3.05) is 14.2 Å². The van der Waals surface area contributed by atoms with Crippen LogP contribution in [-0.2, 0) is 0 Å². The maximum absolute atomic E-state index is 5.38. The smallest absolute Gasteiger partial charge is 0.213 e. The minimum Gasteiger partial charge on any atom is -0.481 e. The van der Waals surface area contributed by atoms with Gasteiger partial charge in [-0.05, 0) is 61.4 Å². The number of aromatic nitrogens is 4. The molecule has 4 heterocycles. The molecule has 0 saturated heterocycles. The third kappa shape index (κ3) is 3.88. The molecule has 194 valence electrons. The lowest BCUT2D eigenvalue weighted by atomic mass is 9.95. The number of ether oxygens (including phenoxy) is 2. The molecule has 6 heteroatoms. The lowest BCUT2D eigenvalue weighted by molar-refractivity contribution is 0.399. The molecule has 0 bridgehead atoms. The molecule has 0 aliphatic carbocycles. The predicted molar refractivity (Wildman–Crippen MR) is 161 cm³/mol. The van der Waals surface area contributed by atoms with Gasteiger partial charge in [-0.3, -0.25) is 0 Å². The van der Waals surface area contributed by atoms with Crippen molar-refractivity contribution in [1.82, 2.24) is 19.9 Å². The quantitative estimate of drug-likeness (QED) is 0.219. The largest absolute Gasteiger partial charge is 0.481 e. The minimum atomic E-state index is 0.577. The maximum Gasteiger partial charge on any atom is 0.213 e. The Balaban J connectivity index is 1.36. The van der Waals surface area contributed by atoms with Gasteiger partial charge in [0.2, 0.25) is 11.8 Å². The molecule has 40 heavy (non-hydrogen) atoms. The van der Waals surface area contributed by atoms with Crippen LogP contribution in [0, 0.1) is 13.8 Å². The van der Waals surface area contributed by atoms with Gasteiger partial charge in [-0.15, -0.1) is 0 Å². The van der Waals surface area contributed by atoms with E-state index in [0.717, 1.165) is 77.3 Å². The van der Waals surface area contributed by atoms with Crippen molar-refractivity contribution < 1.29 is 9.47 Å². The van der Waals surface area contributed by atoms with E-state index >= 15 is 0 Å². The summed E-state index contributed by atoms with van der Waals surface area (Å²) in [6.45, 7) is 4.24. The number of nitrogens with zero attached hydrogens (tertiary/aromatic N) is 4. The van der Waals surface area contributed by atoms with E-state index in [4.69, 9.17) is 29.4 Å². The van der Waals surface area contributed by atoms with Crippen LogP contribution in [0.25, 0.3) is 66.1 Å². The monoisotopic (exact) mass is 522 g/mol. The van der Waals surface area contributed by atoms with Gasteiger partial charge in [0.1, 0.15) is 11.0 Å². The summed E-state index contributed by atoms with van der Waals surface area (Å²) < 4.78 is 10.8. The first kappa shape index (κ1) is 24.0. The standard InChI is InChI=1S/C34H26N4O2/c1-19-17-26(28-14-10-22-6-8-24-12-16-30(40-4)38-34(24)32(22)36-28)20(2)18-25(19)27-13-9-21-5-7-23-11-15-29(39-3)37-33(23)31(21)35-27/h5-18H,1-4H3. The Hall–Kier alpha value is -5.10. The Morgan fingerprint density at radius 1 is 0.425 bits per heavy atom. The van der Waals surface area contributed by atoms with Crippen molar-refractivity contribution in [3.8, 4) is 34.3 Å². The van der Waals surface area contributed by atoms with E-state index in [1.54, 1.807) is 14.2 Å². The van der Waals surface area contributed by atoms with Crippen molar-refractivity contribution in [3.63, 3.8) is 0 Å². The van der Waals surface area contributed by atoms with Crippen molar-refractivity contribution in [1.29, 1.82) is 0 Å². The van der Waals surface area contributed by atoms with Gasteiger partial charge < -0.3 is 9.47 Å². The topological polar surface area (TPSA) is 70.0 Å². The molecule has 3 aromatic carbocycles. The van der Waals surface area contributed by atoms with Gasteiger partial charge in [-0.2, -0.15) is 0 Å². The van der Waals surface area contributed by atoms with E-state index in [0.29, 0.717) is 11.8 Å². The van der Waals surface area contributed by atoms with Crippen molar-refractivity contribution in [2.24, 2.45) is 0 Å². The fraction of sp³-hybridized carbons (Fsp3) is 0.118. The lowest BCUT2D eigenvalue weighted by Gasteiger charge is -2.14. The number of fused-ring (bicyclic) bond motifs is 6. The summed E-state index contributed by atoms with van der Waals surface area (Å²) in [5, 5.41) is 4.15. The van der Waals surface area contributed by atoms with Crippen molar-refractivity contribution in [2.45, 2.75) is 13.8 Å². The minimum absolute atomic E-state index is 0.577. The van der Waals surface area contributed by atoms with Gasteiger partial charge in [0.05, 0.1) is 36.6 Å². The number of hydrogen-bond donors (Lipinski definition) is 0. The molecule has 4 aromatic heterocycles. The Morgan fingerprint density at radius 3 is 1.12 bits per heavy atom. The van der Waals surface area contributed by atoms with Crippen LogP contribution in [0.3, 0.4) is 0 Å². The van der Waals surface area contributed by atoms with Gasteiger partial charge in [0.25, 0.3) is 0 Å². The van der Waals surface area contributed by atoms with Gasteiger partial charge in [0, 0.05) is 44.8 Å². The highest BCUT2D eigenvalue weighted by atomic mass is 16.5. The second-order valence-corrected chi connectivity index (χ2v) is 10.0. The predicted octanol–water partition coefficient (Wildman–Crippen LogP) is 7.85. The summed E-state index contributed by atoms with van der Waals surface area (Å²) >= 11 is 0. The van der Waals surface area contributed by atoms with Crippen molar-refractivity contribution in [3.05, 3.63) is 96.1 Å². The van der Waals surface area contributed by atoms with Crippen molar-refractivity contribution >= 4 is 43.6 Å². The molecule has 0 spiro atoms. The first-order valence-corrected chi connectivity index (χ1v) is 13.1. The summed E-state index contributed by atoms with van der Waals surface area (Å²) in [6.07, 6.45) is 0. The van der Waals surface area contributed by atoms with Gasteiger partial charge in [0.15, 0.2) is 0 Å². The summed E-state index contributed by atoms with van der Waals surface area (Å²) in [4.78, 5) is 19.6. The molecule has 0 saturated carbocycles. The van der Waals surface area contributed by atoms with Crippen LogP contribution >= 0.6 is 0 Å². The van der Waals surface area contributed by atoms with E-state index in [2.05, 4.69) is 74.5 Å². The average Bonchev–Trinajstić information content (AvgIpc) is 3.00. The molecular formula is C34H26N4O2. The highest BCUT2D eigenvalue weighted by Crippen LogP contribution is 2.34. The van der Waals surface area contributed by atoms with E-state index < -0.39 is 0 Å². The second kappa shape index (κ2) is 9.27. The van der Waals surface area contributed by atoms with Crippen LogP contribution in [0.15, 0.2) is 84.9 Å². The molecule has 0 amide bonds. The van der Waals surface area contributed by atoms with Crippen LogP contribution in [-0.4, -0.2) is 34.2 Å². The van der Waals surface area contributed by atoms with Gasteiger partial charge in [-0.25, -0.2) is 19.9 Å². The van der Waals surface area contributed by atoms with Crippen LogP contribution in [0.2, 0.25) is 0 Å². The van der Waals surface area contributed by atoms with E-state index in [1.165, 1.54) is 0 Å². The van der Waals surface area contributed by atoms with Crippen LogP contribution < -0.4 is 9.47 Å². The molecule has 0 atom stereocenters. The van der Waals surface area contributed by atoms with E-state index in [9.17, 15) is 0 Å². The molecule has 7 rings (SSSR count). The zero-order valence-electron chi connectivity index (χ0n) is 22.7. The molecule has 6 nitrogen and oxygen atoms in total. The van der Waals surface area contributed by atoms with Crippen LogP contribution in [0.4, 0.5) is 0 Å². The van der Waals surface area contributed by atoms with E-state index in [1.807, 2.05) is 24.3 Å². The second-order valence-electron chi connectivity index (χ2n) is 10.0. The number of rotatable bonds is 4. The summed E-state index contributed by atoms with van der Waals surface area (Å²) in [6, 6.07) is 28.9. The molecule has 0 fully saturated rings.